The van der Waals surface area contributed by atoms with E-state index in [4.69, 9.17) is 10.5 Å². The lowest BCUT2D eigenvalue weighted by Gasteiger charge is -2.20. The summed E-state index contributed by atoms with van der Waals surface area (Å²) in [6.45, 7) is 0. The molecule has 66 valence electrons. The molecular formula is C10H9NO2. The van der Waals surface area contributed by atoms with Crippen molar-refractivity contribution in [2.75, 3.05) is 0 Å². The molecule has 1 atom stereocenters. The smallest absolute Gasteiger partial charge is 0.177 e. The van der Waals surface area contributed by atoms with Crippen molar-refractivity contribution in [3.8, 4) is 5.75 Å². The first kappa shape index (κ1) is 8.01. The molecule has 3 heteroatoms. The number of para-hydroxylation sites is 1. The van der Waals surface area contributed by atoms with E-state index in [1.54, 1.807) is 6.08 Å². The number of nitrogens with two attached hydrogens (primary N) is 1. The summed E-state index contributed by atoms with van der Waals surface area (Å²) >= 11 is 0. The van der Waals surface area contributed by atoms with Crippen molar-refractivity contribution in [3.05, 3.63) is 35.4 Å². The second kappa shape index (κ2) is 3.03. The van der Waals surface area contributed by atoms with Gasteiger partial charge >= 0.3 is 0 Å². The number of fused-ring (bicyclic) bond motifs is 1. The highest BCUT2D eigenvalue weighted by Gasteiger charge is 2.17. The van der Waals surface area contributed by atoms with Crippen LogP contribution in [0, 0.1) is 0 Å². The van der Waals surface area contributed by atoms with Gasteiger partial charge in [-0.25, -0.2) is 0 Å². The van der Waals surface area contributed by atoms with Gasteiger partial charge in [-0.05, 0) is 12.1 Å². The average molecular weight is 175 g/mol. The molecule has 3 nitrogen and oxygen atoms in total. The van der Waals surface area contributed by atoms with Crippen molar-refractivity contribution in [2.45, 2.75) is 6.23 Å². The van der Waals surface area contributed by atoms with Crippen LogP contribution in [0.3, 0.4) is 0 Å². The summed E-state index contributed by atoms with van der Waals surface area (Å²) < 4.78 is 5.31. The minimum absolute atomic E-state index is 0.471. The van der Waals surface area contributed by atoms with Gasteiger partial charge in [-0.1, -0.05) is 18.2 Å². The number of carbonyl (C=O) groups is 1. The van der Waals surface area contributed by atoms with Gasteiger partial charge < -0.3 is 4.74 Å². The highest BCUT2D eigenvalue weighted by atomic mass is 16.5. The van der Waals surface area contributed by atoms with E-state index < -0.39 is 6.23 Å². The molecule has 0 fully saturated rings. The molecule has 2 N–H and O–H groups in total. The summed E-state index contributed by atoms with van der Waals surface area (Å²) in [5, 5.41) is 0. The van der Waals surface area contributed by atoms with E-state index in [9.17, 15) is 4.79 Å². The molecule has 0 saturated carbocycles. The zero-order valence-corrected chi connectivity index (χ0v) is 6.94. The third kappa shape index (κ3) is 1.34. The number of carbonyl (C=O) groups excluding carboxylic acids is 1. The van der Waals surface area contributed by atoms with Gasteiger partial charge in [-0.15, -0.1) is 0 Å². The minimum atomic E-state index is -0.632. The maximum absolute atomic E-state index is 10.6. The molecule has 0 bridgehead atoms. The lowest BCUT2D eigenvalue weighted by molar-refractivity contribution is -0.105. The molecule has 0 saturated heterocycles. The van der Waals surface area contributed by atoms with Crippen LogP contribution in [0.15, 0.2) is 29.8 Å². The van der Waals surface area contributed by atoms with E-state index >= 15 is 0 Å². The maximum Gasteiger partial charge on any atom is 0.177 e. The highest BCUT2D eigenvalue weighted by molar-refractivity contribution is 5.85. The van der Waals surface area contributed by atoms with Crippen LogP contribution >= 0.6 is 0 Å². The van der Waals surface area contributed by atoms with Gasteiger partial charge in [0.1, 0.15) is 5.75 Å². The quantitative estimate of drug-likeness (QED) is 0.646. The Morgan fingerprint density at radius 2 is 2.15 bits per heavy atom. The van der Waals surface area contributed by atoms with Crippen molar-refractivity contribution < 1.29 is 9.53 Å². The second-order valence-electron chi connectivity index (χ2n) is 2.84. The molecule has 0 aromatic heterocycles. The molecule has 0 radical (unpaired) electrons. The highest BCUT2D eigenvalue weighted by Crippen LogP contribution is 2.26. The van der Waals surface area contributed by atoms with E-state index in [0.717, 1.165) is 17.6 Å². The fourth-order valence-electron chi connectivity index (χ4n) is 1.27. The van der Waals surface area contributed by atoms with Crippen LogP contribution in [0.1, 0.15) is 5.56 Å². The number of hydrogen-bond acceptors (Lipinski definition) is 3. The topological polar surface area (TPSA) is 52.3 Å². The lowest BCUT2D eigenvalue weighted by Crippen LogP contribution is -2.32. The molecule has 2 rings (SSSR count). The monoisotopic (exact) mass is 175 g/mol. The largest absolute Gasteiger partial charge is 0.471 e. The third-order valence-corrected chi connectivity index (χ3v) is 1.96. The molecule has 1 unspecified atom stereocenters. The summed E-state index contributed by atoms with van der Waals surface area (Å²) in [7, 11) is 0. The van der Waals surface area contributed by atoms with E-state index in [2.05, 4.69) is 0 Å². The van der Waals surface area contributed by atoms with E-state index in [1.807, 2.05) is 24.3 Å². The number of benzene rings is 1. The standard InChI is InChI=1S/C10H9NO2/c11-10-8(6-12)5-7-3-1-2-4-9(7)13-10/h1-6,10H,11H2. The molecule has 0 spiro atoms. The Morgan fingerprint density at radius 1 is 1.38 bits per heavy atom. The van der Waals surface area contributed by atoms with E-state index in [-0.39, 0.29) is 0 Å². The van der Waals surface area contributed by atoms with Crippen molar-refractivity contribution in [3.63, 3.8) is 0 Å². The average Bonchev–Trinajstić information content (AvgIpc) is 2.17. The van der Waals surface area contributed by atoms with Gasteiger partial charge in [0.15, 0.2) is 12.5 Å². The Kier molecular flexibility index (Phi) is 1.87. The third-order valence-electron chi connectivity index (χ3n) is 1.96. The number of hydrogen-bond donors (Lipinski definition) is 1. The van der Waals surface area contributed by atoms with Gasteiger partial charge in [0.25, 0.3) is 0 Å². The SMILES string of the molecule is NC1Oc2ccccc2C=C1C=O. The van der Waals surface area contributed by atoms with Gasteiger partial charge in [-0.3, -0.25) is 10.5 Å². The summed E-state index contributed by atoms with van der Waals surface area (Å²) in [6.07, 6.45) is 1.84. The van der Waals surface area contributed by atoms with Crippen LogP contribution in [0.5, 0.6) is 5.75 Å². The number of rotatable bonds is 1. The molecule has 13 heavy (non-hydrogen) atoms. The van der Waals surface area contributed by atoms with Crippen molar-refractivity contribution >= 4 is 12.4 Å². The van der Waals surface area contributed by atoms with Crippen LogP contribution in [0.2, 0.25) is 0 Å². The second-order valence-corrected chi connectivity index (χ2v) is 2.84. The molecule has 1 heterocycles. The summed E-state index contributed by atoms with van der Waals surface area (Å²) in [6, 6.07) is 7.46. The Morgan fingerprint density at radius 3 is 2.92 bits per heavy atom. The van der Waals surface area contributed by atoms with E-state index in [1.165, 1.54) is 0 Å². The predicted molar refractivity (Wildman–Crippen MR) is 49.1 cm³/mol. The molecule has 0 amide bonds. The van der Waals surface area contributed by atoms with Crippen molar-refractivity contribution in [1.82, 2.24) is 0 Å². The normalized spacial score (nSPS) is 19.8. The molecule has 1 aromatic rings. The zero-order chi connectivity index (χ0) is 9.26. The van der Waals surface area contributed by atoms with Crippen molar-refractivity contribution in [2.24, 2.45) is 5.73 Å². The Labute approximate surface area is 75.8 Å². The number of ether oxygens (including phenoxy) is 1. The van der Waals surface area contributed by atoms with Crippen LogP contribution in [0.4, 0.5) is 0 Å². The zero-order valence-electron chi connectivity index (χ0n) is 6.94. The van der Waals surface area contributed by atoms with Gasteiger partial charge in [0, 0.05) is 11.1 Å². The molecule has 1 aliphatic heterocycles. The van der Waals surface area contributed by atoms with Crippen LogP contribution in [-0.4, -0.2) is 12.5 Å². The first-order chi connectivity index (χ1) is 6.31. The van der Waals surface area contributed by atoms with Gasteiger partial charge in [-0.2, -0.15) is 0 Å². The Balaban J connectivity index is 2.49. The van der Waals surface area contributed by atoms with Crippen LogP contribution < -0.4 is 10.5 Å². The Hall–Kier alpha value is -1.61. The first-order valence-electron chi connectivity index (χ1n) is 3.99. The van der Waals surface area contributed by atoms with Crippen LogP contribution in [-0.2, 0) is 4.79 Å². The molecule has 0 aliphatic carbocycles. The molecular weight excluding hydrogens is 166 g/mol. The van der Waals surface area contributed by atoms with Crippen molar-refractivity contribution in [1.29, 1.82) is 0 Å². The maximum atomic E-state index is 10.6. The summed E-state index contributed by atoms with van der Waals surface area (Å²) in [4.78, 5) is 10.6. The summed E-state index contributed by atoms with van der Waals surface area (Å²) in [5.41, 5.74) is 6.95. The number of aldehydes is 1. The van der Waals surface area contributed by atoms with Gasteiger partial charge in [0.2, 0.25) is 0 Å². The first-order valence-corrected chi connectivity index (χ1v) is 3.99. The van der Waals surface area contributed by atoms with Crippen LogP contribution in [0.25, 0.3) is 6.08 Å². The predicted octanol–water partition coefficient (Wildman–Crippen LogP) is 0.946. The lowest BCUT2D eigenvalue weighted by atomic mass is 10.1. The van der Waals surface area contributed by atoms with Gasteiger partial charge in [0.05, 0.1) is 0 Å². The van der Waals surface area contributed by atoms with E-state index in [0.29, 0.717) is 5.57 Å². The minimum Gasteiger partial charge on any atom is -0.471 e. The summed E-state index contributed by atoms with van der Waals surface area (Å²) in [5.74, 6) is 0.723. The molecule has 1 aliphatic rings. The fraction of sp³-hybridized carbons (Fsp3) is 0.100. The fourth-order valence-corrected chi connectivity index (χ4v) is 1.27. The molecule has 1 aromatic carbocycles. The Bertz CT molecular complexity index is 371.